The molecule has 0 bridgehead atoms. The zero-order valence-electron chi connectivity index (χ0n) is 11.4. The van der Waals surface area contributed by atoms with Gasteiger partial charge in [0.1, 0.15) is 5.02 Å². The van der Waals surface area contributed by atoms with Crippen molar-refractivity contribution < 1.29 is 8.42 Å². The number of aromatic amines is 1. The lowest BCUT2D eigenvalue weighted by atomic mass is 10.0. The van der Waals surface area contributed by atoms with Crippen LogP contribution in [0.25, 0.3) is 0 Å². The van der Waals surface area contributed by atoms with Crippen LogP contribution >= 0.6 is 11.6 Å². The molecule has 1 heterocycles. The van der Waals surface area contributed by atoms with E-state index in [1.54, 1.807) is 0 Å². The number of nitrogens with one attached hydrogen (secondary N) is 2. The Balaban J connectivity index is 2.14. The van der Waals surface area contributed by atoms with Crippen LogP contribution in [0.4, 0.5) is 0 Å². The van der Waals surface area contributed by atoms with E-state index in [1.807, 2.05) is 0 Å². The Hall–Kier alpha value is -0.850. The van der Waals surface area contributed by atoms with Gasteiger partial charge in [-0.25, -0.2) is 13.1 Å². The lowest BCUT2D eigenvalue weighted by molar-refractivity contribution is 0.484. The molecule has 0 aromatic carbocycles. The molecule has 0 saturated heterocycles. The van der Waals surface area contributed by atoms with Crippen LogP contribution in [0.15, 0.2) is 22.0 Å². The van der Waals surface area contributed by atoms with Crippen LogP contribution in [0.5, 0.6) is 0 Å². The van der Waals surface area contributed by atoms with Crippen molar-refractivity contribution in [3.05, 3.63) is 27.6 Å². The Bertz CT molecular complexity index is 627. The van der Waals surface area contributed by atoms with Crippen LogP contribution in [0, 0.1) is 5.92 Å². The summed E-state index contributed by atoms with van der Waals surface area (Å²) < 4.78 is 27.2. The first-order valence-corrected chi connectivity index (χ1v) is 8.65. The van der Waals surface area contributed by atoms with E-state index in [0.717, 1.165) is 32.1 Å². The second kappa shape index (κ2) is 6.28. The fourth-order valence-corrected chi connectivity index (χ4v) is 4.02. The van der Waals surface area contributed by atoms with E-state index in [0.29, 0.717) is 5.92 Å². The third-order valence-corrected chi connectivity index (χ3v) is 5.50. The second-order valence-electron chi connectivity index (χ2n) is 5.44. The van der Waals surface area contributed by atoms with Crippen molar-refractivity contribution in [2.24, 2.45) is 5.92 Å². The van der Waals surface area contributed by atoms with E-state index in [1.165, 1.54) is 12.3 Å². The summed E-state index contributed by atoms with van der Waals surface area (Å²) >= 11 is 5.67. The molecule has 0 radical (unpaired) electrons. The van der Waals surface area contributed by atoms with Gasteiger partial charge in [0.15, 0.2) is 0 Å². The highest BCUT2D eigenvalue weighted by Crippen LogP contribution is 2.23. The van der Waals surface area contributed by atoms with Gasteiger partial charge in [0, 0.05) is 12.2 Å². The number of hydrogen-bond acceptors (Lipinski definition) is 3. The van der Waals surface area contributed by atoms with E-state index in [9.17, 15) is 13.2 Å². The Morgan fingerprint density at radius 2 is 2.05 bits per heavy atom. The molecule has 1 aromatic rings. The molecule has 2 unspecified atom stereocenters. The van der Waals surface area contributed by atoms with Gasteiger partial charge in [0.05, 0.1) is 4.90 Å². The molecule has 20 heavy (non-hydrogen) atoms. The summed E-state index contributed by atoms with van der Waals surface area (Å²) in [5.41, 5.74) is -0.492. The predicted molar refractivity (Wildman–Crippen MR) is 78.4 cm³/mol. The number of rotatable bonds is 3. The molecular formula is C13H19ClN2O3S. The van der Waals surface area contributed by atoms with Crippen molar-refractivity contribution in [2.75, 3.05) is 0 Å². The summed E-state index contributed by atoms with van der Waals surface area (Å²) in [7, 11) is -3.64. The highest BCUT2D eigenvalue weighted by atomic mass is 35.5. The molecule has 2 N–H and O–H groups in total. The van der Waals surface area contributed by atoms with Crippen molar-refractivity contribution >= 4 is 21.6 Å². The Labute approximate surface area is 123 Å². The average molecular weight is 319 g/mol. The van der Waals surface area contributed by atoms with Crippen LogP contribution in [0.1, 0.15) is 39.0 Å². The quantitative estimate of drug-likeness (QED) is 0.839. The third-order valence-electron chi connectivity index (χ3n) is 3.72. The molecule has 0 amide bonds. The molecule has 0 aliphatic heterocycles. The fraction of sp³-hybridized carbons (Fsp3) is 0.615. The number of pyridine rings is 1. The van der Waals surface area contributed by atoms with Gasteiger partial charge in [-0.2, -0.15) is 0 Å². The highest BCUT2D eigenvalue weighted by Gasteiger charge is 2.23. The molecule has 1 fully saturated rings. The number of aromatic nitrogens is 1. The van der Waals surface area contributed by atoms with Crippen LogP contribution in [0.2, 0.25) is 5.02 Å². The van der Waals surface area contributed by atoms with E-state index >= 15 is 0 Å². The predicted octanol–water partition coefficient (Wildman–Crippen LogP) is 2.28. The first-order valence-electron chi connectivity index (χ1n) is 6.79. The number of hydrogen-bond donors (Lipinski definition) is 2. The fourth-order valence-electron chi connectivity index (χ4n) is 2.49. The smallest absolute Gasteiger partial charge is 0.266 e. The van der Waals surface area contributed by atoms with Gasteiger partial charge in [0.2, 0.25) is 10.0 Å². The maximum absolute atomic E-state index is 12.3. The Kier molecular flexibility index (Phi) is 4.88. The number of halogens is 1. The van der Waals surface area contributed by atoms with Crippen LogP contribution in [-0.4, -0.2) is 19.4 Å². The molecule has 2 rings (SSSR count). The van der Waals surface area contributed by atoms with E-state index in [4.69, 9.17) is 11.6 Å². The first-order chi connectivity index (χ1) is 9.38. The molecule has 2 atom stereocenters. The van der Waals surface area contributed by atoms with Crippen LogP contribution in [-0.2, 0) is 10.0 Å². The van der Waals surface area contributed by atoms with Crippen LogP contribution < -0.4 is 10.3 Å². The Morgan fingerprint density at radius 3 is 2.75 bits per heavy atom. The van der Waals surface area contributed by atoms with E-state index < -0.39 is 15.6 Å². The van der Waals surface area contributed by atoms with Gasteiger partial charge >= 0.3 is 0 Å². The molecular weight excluding hydrogens is 300 g/mol. The molecule has 112 valence electrons. The molecule has 1 aromatic heterocycles. The lowest BCUT2D eigenvalue weighted by Crippen LogP contribution is -2.34. The van der Waals surface area contributed by atoms with Gasteiger partial charge < -0.3 is 4.98 Å². The molecule has 1 aliphatic rings. The SMILES string of the molecule is CC1CCCC(NS(=O)(=O)c2c[nH]c(=O)c(Cl)c2)CC1. The van der Waals surface area contributed by atoms with Crippen molar-refractivity contribution in [1.29, 1.82) is 0 Å². The number of H-pyrrole nitrogens is 1. The first kappa shape index (κ1) is 15.5. The minimum atomic E-state index is -3.64. The summed E-state index contributed by atoms with van der Waals surface area (Å²) in [6.45, 7) is 2.19. The maximum atomic E-state index is 12.3. The van der Waals surface area contributed by atoms with Crippen molar-refractivity contribution in [2.45, 2.75) is 50.0 Å². The average Bonchev–Trinajstić information content (AvgIpc) is 2.57. The maximum Gasteiger partial charge on any atom is 0.266 e. The summed E-state index contributed by atoms with van der Waals surface area (Å²) in [5, 5.41) is -0.123. The standard InChI is InChI=1S/C13H19ClN2O3S/c1-9-3-2-4-10(6-5-9)16-20(18,19)11-7-12(14)13(17)15-8-11/h7-10,16H,2-6H2,1H3,(H,15,17). The topological polar surface area (TPSA) is 79.0 Å². The summed E-state index contributed by atoms with van der Waals surface area (Å²) in [6.07, 6.45) is 6.07. The van der Waals surface area contributed by atoms with E-state index in [2.05, 4.69) is 16.6 Å². The summed E-state index contributed by atoms with van der Waals surface area (Å²) in [6, 6.07) is 1.14. The van der Waals surface area contributed by atoms with Crippen molar-refractivity contribution in [1.82, 2.24) is 9.71 Å². The molecule has 5 nitrogen and oxygen atoms in total. The minimum Gasteiger partial charge on any atom is -0.326 e. The zero-order chi connectivity index (χ0) is 14.8. The van der Waals surface area contributed by atoms with Gasteiger partial charge in [0.25, 0.3) is 5.56 Å². The normalized spacial score (nSPS) is 24.3. The number of sulfonamides is 1. The monoisotopic (exact) mass is 318 g/mol. The van der Waals surface area contributed by atoms with Gasteiger partial charge in [-0.15, -0.1) is 0 Å². The van der Waals surface area contributed by atoms with E-state index in [-0.39, 0.29) is 16.0 Å². The van der Waals surface area contributed by atoms with Crippen LogP contribution in [0.3, 0.4) is 0 Å². The van der Waals surface area contributed by atoms with Crippen molar-refractivity contribution in [3.8, 4) is 0 Å². The van der Waals surface area contributed by atoms with Gasteiger partial charge in [-0.1, -0.05) is 31.4 Å². The summed E-state index contributed by atoms with van der Waals surface area (Å²) in [5.74, 6) is 0.645. The molecule has 0 spiro atoms. The highest BCUT2D eigenvalue weighted by molar-refractivity contribution is 7.89. The zero-order valence-corrected chi connectivity index (χ0v) is 12.9. The molecule has 7 heteroatoms. The summed E-state index contributed by atoms with van der Waals surface area (Å²) in [4.78, 5) is 13.5. The third kappa shape index (κ3) is 3.84. The molecule has 1 aliphatic carbocycles. The van der Waals surface area contributed by atoms with Gasteiger partial charge in [-0.05, 0) is 31.2 Å². The molecule has 1 saturated carbocycles. The lowest BCUT2D eigenvalue weighted by Gasteiger charge is -2.16. The minimum absolute atomic E-state index is 0.000560. The van der Waals surface area contributed by atoms with Gasteiger partial charge in [-0.3, -0.25) is 4.79 Å². The van der Waals surface area contributed by atoms with Crippen molar-refractivity contribution in [3.63, 3.8) is 0 Å². The largest absolute Gasteiger partial charge is 0.326 e. The Morgan fingerprint density at radius 1 is 1.30 bits per heavy atom. The second-order valence-corrected chi connectivity index (χ2v) is 7.57.